The monoisotopic (exact) mass is 331 g/mol. The first-order valence-corrected chi connectivity index (χ1v) is 7.95. The van der Waals surface area contributed by atoms with Crippen LogP contribution in [0.3, 0.4) is 0 Å². The molecule has 1 heterocycles. The molecular weight excluding hydrogens is 308 g/mol. The van der Waals surface area contributed by atoms with Gasteiger partial charge in [-0.25, -0.2) is 9.69 Å². The largest absolute Gasteiger partial charge is 0.340 e. The maximum Gasteiger partial charge on any atom is 0.335 e. The third-order valence-electron chi connectivity index (χ3n) is 3.78. The standard InChI is InChI=1S/C17H22N4O3/c1-12-7-4-5-8-14(12)21-16(23)13(15(22)19-17(21)24)11-18-9-6-10-20(2)3/h4-5,7-8,11,13H,6,9-10H2,1-3H3,(H,19,22,24)/p+1/t13-/m1/s1. The van der Waals surface area contributed by atoms with Gasteiger partial charge in [0, 0.05) is 19.2 Å². The average Bonchev–Trinajstić information content (AvgIpc) is 2.51. The molecule has 1 aromatic rings. The van der Waals surface area contributed by atoms with Crippen LogP contribution < -0.4 is 15.1 Å². The SMILES string of the molecule is Cc1ccccc1N1C(=O)NC(=O)[C@@H](C=NCCC[NH+](C)C)C1=O. The Bertz CT molecular complexity index is 670. The van der Waals surface area contributed by atoms with Crippen LogP contribution in [-0.4, -0.2) is 51.2 Å². The number of carbonyl (C=O) groups is 3. The Hall–Kier alpha value is -2.54. The van der Waals surface area contributed by atoms with Gasteiger partial charge in [-0.15, -0.1) is 0 Å². The topological polar surface area (TPSA) is 83.3 Å². The molecule has 0 bridgehead atoms. The summed E-state index contributed by atoms with van der Waals surface area (Å²) in [6.07, 6.45) is 2.21. The van der Waals surface area contributed by atoms with E-state index in [-0.39, 0.29) is 0 Å². The third kappa shape index (κ3) is 4.05. The Morgan fingerprint density at radius 2 is 1.96 bits per heavy atom. The molecule has 1 atom stereocenters. The number of para-hydroxylation sites is 1. The fourth-order valence-corrected chi connectivity index (χ4v) is 2.47. The van der Waals surface area contributed by atoms with Gasteiger partial charge < -0.3 is 4.90 Å². The van der Waals surface area contributed by atoms with Crippen LogP contribution in [0.15, 0.2) is 29.3 Å². The van der Waals surface area contributed by atoms with Crippen molar-refractivity contribution in [1.29, 1.82) is 0 Å². The van der Waals surface area contributed by atoms with Crippen molar-refractivity contribution in [1.82, 2.24) is 5.32 Å². The Labute approximate surface area is 141 Å². The van der Waals surface area contributed by atoms with E-state index in [1.165, 1.54) is 11.1 Å². The molecule has 0 unspecified atom stereocenters. The number of urea groups is 1. The number of amides is 4. The second-order valence-corrected chi connectivity index (χ2v) is 6.10. The maximum absolute atomic E-state index is 12.6. The van der Waals surface area contributed by atoms with Crippen molar-refractivity contribution in [2.75, 3.05) is 32.1 Å². The predicted molar refractivity (Wildman–Crippen MR) is 91.3 cm³/mol. The number of hydrogen-bond donors (Lipinski definition) is 2. The lowest BCUT2D eigenvalue weighted by molar-refractivity contribution is -0.858. The van der Waals surface area contributed by atoms with Crippen LogP contribution in [-0.2, 0) is 9.59 Å². The van der Waals surface area contributed by atoms with E-state index in [0.29, 0.717) is 12.2 Å². The number of carbonyl (C=O) groups excluding carboxylic acids is 3. The molecule has 128 valence electrons. The minimum atomic E-state index is -1.07. The van der Waals surface area contributed by atoms with Crippen molar-refractivity contribution >= 4 is 29.7 Å². The zero-order valence-electron chi connectivity index (χ0n) is 14.2. The summed E-state index contributed by atoms with van der Waals surface area (Å²) in [7, 11) is 4.10. The quantitative estimate of drug-likeness (QED) is 0.430. The van der Waals surface area contributed by atoms with Gasteiger partial charge in [0.1, 0.15) is 0 Å². The first-order valence-electron chi connectivity index (χ1n) is 7.95. The molecule has 1 aliphatic heterocycles. The molecular formula is C17H23N4O3+. The molecule has 1 saturated heterocycles. The molecule has 0 saturated carbocycles. The van der Waals surface area contributed by atoms with Gasteiger partial charge >= 0.3 is 6.03 Å². The van der Waals surface area contributed by atoms with Crippen molar-refractivity contribution in [2.24, 2.45) is 10.9 Å². The fourth-order valence-electron chi connectivity index (χ4n) is 2.47. The van der Waals surface area contributed by atoms with Crippen LogP contribution in [0, 0.1) is 12.8 Å². The number of barbiturate groups is 1. The van der Waals surface area contributed by atoms with E-state index >= 15 is 0 Å². The highest BCUT2D eigenvalue weighted by molar-refractivity contribution is 6.32. The Morgan fingerprint density at radius 3 is 2.62 bits per heavy atom. The van der Waals surface area contributed by atoms with Crippen LogP contribution in [0.5, 0.6) is 0 Å². The maximum atomic E-state index is 12.6. The molecule has 0 spiro atoms. The van der Waals surface area contributed by atoms with Crippen LogP contribution in [0.1, 0.15) is 12.0 Å². The normalized spacial score (nSPS) is 18.6. The summed E-state index contributed by atoms with van der Waals surface area (Å²) in [6.45, 7) is 3.30. The van der Waals surface area contributed by atoms with Crippen LogP contribution in [0.2, 0.25) is 0 Å². The van der Waals surface area contributed by atoms with Crippen molar-refractivity contribution < 1.29 is 19.3 Å². The van der Waals surface area contributed by atoms with Crippen molar-refractivity contribution in [3.8, 4) is 0 Å². The number of aliphatic imine (C=N–C) groups is 1. The number of anilines is 1. The van der Waals surface area contributed by atoms with Crippen molar-refractivity contribution in [3.63, 3.8) is 0 Å². The van der Waals surface area contributed by atoms with Gasteiger partial charge in [0.15, 0.2) is 5.92 Å². The summed E-state index contributed by atoms with van der Waals surface area (Å²) in [5, 5.41) is 2.23. The van der Waals surface area contributed by atoms with E-state index in [0.717, 1.165) is 23.4 Å². The molecule has 24 heavy (non-hydrogen) atoms. The van der Waals surface area contributed by atoms with Gasteiger partial charge in [-0.05, 0) is 18.6 Å². The van der Waals surface area contributed by atoms with Crippen LogP contribution >= 0.6 is 0 Å². The molecule has 1 aliphatic rings. The highest BCUT2D eigenvalue weighted by Gasteiger charge is 2.40. The number of nitrogens with one attached hydrogen (secondary N) is 2. The molecule has 4 amide bonds. The highest BCUT2D eigenvalue weighted by Crippen LogP contribution is 2.23. The highest BCUT2D eigenvalue weighted by atomic mass is 16.2. The smallest absolute Gasteiger partial charge is 0.335 e. The molecule has 7 nitrogen and oxygen atoms in total. The number of rotatable bonds is 6. The first kappa shape index (κ1) is 17.8. The Kier molecular flexibility index (Phi) is 5.81. The van der Waals surface area contributed by atoms with E-state index in [9.17, 15) is 14.4 Å². The summed E-state index contributed by atoms with van der Waals surface area (Å²) in [6, 6.07) is 6.32. The van der Waals surface area contributed by atoms with Gasteiger partial charge in [0.05, 0.1) is 26.3 Å². The molecule has 0 aromatic heterocycles. The van der Waals surface area contributed by atoms with E-state index < -0.39 is 23.8 Å². The van der Waals surface area contributed by atoms with Crippen molar-refractivity contribution in [3.05, 3.63) is 29.8 Å². The molecule has 1 fully saturated rings. The van der Waals surface area contributed by atoms with Crippen LogP contribution in [0.4, 0.5) is 10.5 Å². The van der Waals surface area contributed by atoms with Crippen molar-refractivity contribution in [2.45, 2.75) is 13.3 Å². The average molecular weight is 331 g/mol. The lowest BCUT2D eigenvalue weighted by atomic mass is 10.0. The molecule has 2 rings (SSSR count). The molecule has 7 heteroatoms. The summed E-state index contributed by atoms with van der Waals surface area (Å²) in [5.74, 6) is -2.27. The second kappa shape index (κ2) is 7.83. The summed E-state index contributed by atoms with van der Waals surface area (Å²) < 4.78 is 0. The van der Waals surface area contributed by atoms with E-state index in [4.69, 9.17) is 0 Å². The third-order valence-corrected chi connectivity index (χ3v) is 3.78. The van der Waals surface area contributed by atoms with E-state index in [1.54, 1.807) is 25.1 Å². The van der Waals surface area contributed by atoms with Gasteiger partial charge in [-0.2, -0.15) is 0 Å². The minimum absolute atomic E-state index is 0.474. The molecule has 0 aliphatic carbocycles. The molecule has 1 aromatic carbocycles. The number of nitrogens with zero attached hydrogens (tertiary/aromatic N) is 2. The molecule has 2 N–H and O–H groups in total. The van der Waals surface area contributed by atoms with Gasteiger partial charge in [-0.1, -0.05) is 18.2 Å². The van der Waals surface area contributed by atoms with E-state index in [1.807, 2.05) is 20.2 Å². The first-order chi connectivity index (χ1) is 11.4. The summed E-state index contributed by atoms with van der Waals surface area (Å²) in [5.41, 5.74) is 1.25. The summed E-state index contributed by atoms with van der Waals surface area (Å²) in [4.78, 5) is 43.2. The number of hydrogen-bond acceptors (Lipinski definition) is 4. The summed E-state index contributed by atoms with van der Waals surface area (Å²) >= 11 is 0. The molecule has 0 radical (unpaired) electrons. The number of aryl methyl sites for hydroxylation is 1. The lowest BCUT2D eigenvalue weighted by Crippen LogP contribution is -3.05. The van der Waals surface area contributed by atoms with Gasteiger partial charge in [0.2, 0.25) is 5.91 Å². The zero-order chi connectivity index (χ0) is 17.7. The predicted octanol–water partition coefficient (Wildman–Crippen LogP) is -0.201. The zero-order valence-corrected chi connectivity index (χ0v) is 14.2. The fraction of sp³-hybridized carbons (Fsp3) is 0.412. The number of imide groups is 2. The second-order valence-electron chi connectivity index (χ2n) is 6.10. The van der Waals surface area contributed by atoms with Crippen LogP contribution in [0.25, 0.3) is 0 Å². The van der Waals surface area contributed by atoms with E-state index in [2.05, 4.69) is 10.3 Å². The number of quaternary nitrogens is 1. The van der Waals surface area contributed by atoms with Gasteiger partial charge in [0.25, 0.3) is 5.91 Å². The Balaban J connectivity index is 2.14. The number of benzene rings is 1. The Morgan fingerprint density at radius 1 is 1.25 bits per heavy atom. The minimum Gasteiger partial charge on any atom is -0.340 e. The lowest BCUT2D eigenvalue weighted by Gasteiger charge is -2.29. The van der Waals surface area contributed by atoms with Gasteiger partial charge in [-0.3, -0.25) is 19.9 Å².